The van der Waals surface area contributed by atoms with Crippen LogP contribution >= 0.6 is 0 Å². The van der Waals surface area contributed by atoms with E-state index >= 15 is 0 Å². The molecule has 2 atom stereocenters. The fourth-order valence-electron chi connectivity index (χ4n) is 4.22. The maximum atomic E-state index is 12.3. The molecule has 0 spiro atoms. The predicted octanol–water partition coefficient (Wildman–Crippen LogP) is 3.12. The maximum Gasteiger partial charge on any atom is 0.407 e. The van der Waals surface area contributed by atoms with Gasteiger partial charge >= 0.3 is 6.09 Å². The lowest BCUT2D eigenvalue weighted by Gasteiger charge is -2.19. The molecule has 0 radical (unpaired) electrons. The third-order valence-electron chi connectivity index (χ3n) is 5.92. The summed E-state index contributed by atoms with van der Waals surface area (Å²) in [6.45, 7) is 0.623. The fraction of sp³-hybridized carbons (Fsp3) is 0.269. The Hall–Kier alpha value is -3.19. The van der Waals surface area contributed by atoms with Crippen molar-refractivity contribution >= 4 is 6.09 Å². The normalized spacial score (nSPS) is 14.3. The van der Waals surface area contributed by atoms with E-state index in [9.17, 15) is 15.0 Å². The highest BCUT2D eigenvalue weighted by Gasteiger charge is 2.29. The predicted molar refractivity (Wildman–Crippen MR) is 123 cm³/mol. The molecule has 0 heterocycles. The second kappa shape index (κ2) is 9.96. The van der Waals surface area contributed by atoms with Crippen molar-refractivity contribution in [3.05, 3.63) is 95.1 Å². The van der Waals surface area contributed by atoms with Crippen molar-refractivity contribution in [2.75, 3.05) is 19.7 Å². The van der Waals surface area contributed by atoms with Crippen LogP contribution in [0.4, 0.5) is 4.79 Å². The summed E-state index contributed by atoms with van der Waals surface area (Å²) in [5, 5.41) is 23.2. The Balaban J connectivity index is 1.31. The van der Waals surface area contributed by atoms with Crippen LogP contribution in [0.2, 0.25) is 0 Å². The highest BCUT2D eigenvalue weighted by Crippen LogP contribution is 2.44. The molecule has 6 nitrogen and oxygen atoms in total. The lowest BCUT2D eigenvalue weighted by molar-refractivity contribution is 0.0185. The van der Waals surface area contributed by atoms with Crippen LogP contribution in [0.5, 0.6) is 0 Å². The van der Waals surface area contributed by atoms with Crippen molar-refractivity contribution in [1.29, 1.82) is 0 Å². The number of hydrogen-bond donors (Lipinski definition) is 4. The zero-order valence-electron chi connectivity index (χ0n) is 17.8. The molecule has 5 N–H and O–H groups in total. The standard InChI is InChI=1S/C26H28N2O4/c27-14-13-17-9-11-18(12-10-17)25(30)24(29)15-28-26(31)32-16-23-21-7-3-1-5-19(21)20-6-2-4-8-22(20)23/h1-12,23-25,29-30H,13-16,27H2,(H,28,31). The topological polar surface area (TPSA) is 105 Å². The SMILES string of the molecule is NCCc1ccc(C(O)C(O)CNC(=O)OCC2c3ccccc3-c3ccccc32)cc1. The Morgan fingerprint density at radius 2 is 1.53 bits per heavy atom. The number of amides is 1. The quantitative estimate of drug-likeness (QED) is 0.438. The van der Waals surface area contributed by atoms with E-state index in [1.54, 1.807) is 12.1 Å². The van der Waals surface area contributed by atoms with Crippen LogP contribution in [-0.4, -0.2) is 42.1 Å². The van der Waals surface area contributed by atoms with Gasteiger partial charge in [-0.25, -0.2) is 4.79 Å². The molecule has 1 aliphatic carbocycles. The number of ether oxygens (including phenoxy) is 1. The Bertz CT molecular complexity index is 1020. The third kappa shape index (κ3) is 4.67. The van der Waals surface area contributed by atoms with Gasteiger partial charge < -0.3 is 26.0 Å². The molecular formula is C26H28N2O4. The van der Waals surface area contributed by atoms with Gasteiger partial charge in [-0.15, -0.1) is 0 Å². The largest absolute Gasteiger partial charge is 0.449 e. The van der Waals surface area contributed by atoms with Gasteiger partial charge in [0.15, 0.2) is 0 Å². The zero-order chi connectivity index (χ0) is 22.5. The number of rotatable bonds is 8. The van der Waals surface area contributed by atoms with Crippen molar-refractivity contribution in [3.63, 3.8) is 0 Å². The number of carbonyl (C=O) groups excluding carboxylic acids is 1. The molecule has 32 heavy (non-hydrogen) atoms. The molecule has 2 unspecified atom stereocenters. The summed E-state index contributed by atoms with van der Waals surface area (Å²) in [5.74, 6) is -0.0318. The van der Waals surface area contributed by atoms with Gasteiger partial charge in [-0.1, -0.05) is 72.8 Å². The van der Waals surface area contributed by atoms with Crippen LogP contribution < -0.4 is 11.1 Å². The van der Waals surface area contributed by atoms with Gasteiger partial charge in [-0.3, -0.25) is 0 Å². The van der Waals surface area contributed by atoms with E-state index in [0.717, 1.165) is 34.2 Å². The number of fused-ring (bicyclic) bond motifs is 3. The van der Waals surface area contributed by atoms with Crippen LogP contribution in [0.25, 0.3) is 11.1 Å². The van der Waals surface area contributed by atoms with Crippen LogP contribution in [0.1, 0.15) is 34.3 Å². The molecular weight excluding hydrogens is 404 g/mol. The van der Waals surface area contributed by atoms with Crippen LogP contribution in [-0.2, 0) is 11.2 Å². The van der Waals surface area contributed by atoms with Crippen molar-refractivity contribution < 1.29 is 19.7 Å². The summed E-state index contributed by atoms with van der Waals surface area (Å²) in [6, 6.07) is 23.5. The smallest absolute Gasteiger partial charge is 0.407 e. The van der Waals surface area contributed by atoms with E-state index in [2.05, 4.69) is 29.6 Å². The lowest BCUT2D eigenvalue weighted by Crippen LogP contribution is -2.36. The Morgan fingerprint density at radius 1 is 0.938 bits per heavy atom. The van der Waals surface area contributed by atoms with Crippen molar-refractivity contribution in [2.24, 2.45) is 5.73 Å². The molecule has 3 aromatic rings. The molecule has 1 aliphatic rings. The van der Waals surface area contributed by atoms with Gasteiger partial charge in [0, 0.05) is 12.5 Å². The first kappa shape index (κ1) is 22.0. The van der Waals surface area contributed by atoms with E-state index in [1.807, 2.05) is 36.4 Å². The minimum absolute atomic E-state index is 0.0318. The Morgan fingerprint density at radius 3 is 2.12 bits per heavy atom. The molecule has 166 valence electrons. The Labute approximate surface area is 187 Å². The summed E-state index contributed by atoms with van der Waals surface area (Å²) in [6.07, 6.45) is -2.15. The van der Waals surface area contributed by atoms with Gasteiger partial charge in [-0.05, 0) is 46.3 Å². The number of aliphatic hydroxyl groups excluding tert-OH is 2. The molecule has 3 aromatic carbocycles. The first-order valence-corrected chi connectivity index (χ1v) is 10.8. The van der Waals surface area contributed by atoms with Crippen molar-refractivity contribution in [3.8, 4) is 11.1 Å². The van der Waals surface area contributed by atoms with Crippen LogP contribution in [0, 0.1) is 0 Å². The van der Waals surface area contributed by atoms with E-state index in [4.69, 9.17) is 10.5 Å². The number of hydrogen-bond acceptors (Lipinski definition) is 5. The summed E-state index contributed by atoms with van der Waals surface area (Å²) in [5.41, 5.74) is 11.8. The number of nitrogens with one attached hydrogen (secondary N) is 1. The average molecular weight is 433 g/mol. The highest BCUT2D eigenvalue weighted by molar-refractivity contribution is 5.79. The maximum absolute atomic E-state index is 12.3. The first-order valence-electron chi connectivity index (χ1n) is 10.8. The van der Waals surface area contributed by atoms with E-state index in [0.29, 0.717) is 12.1 Å². The van der Waals surface area contributed by atoms with E-state index in [1.165, 1.54) is 0 Å². The van der Waals surface area contributed by atoms with Crippen molar-refractivity contribution in [2.45, 2.75) is 24.5 Å². The minimum atomic E-state index is -1.16. The zero-order valence-corrected chi connectivity index (χ0v) is 17.8. The minimum Gasteiger partial charge on any atom is -0.449 e. The number of alkyl carbamates (subject to hydrolysis) is 1. The number of nitrogens with two attached hydrogens (primary N) is 1. The molecule has 1 amide bonds. The number of carbonyl (C=O) groups is 1. The van der Waals surface area contributed by atoms with Gasteiger partial charge in [0.2, 0.25) is 0 Å². The molecule has 6 heteroatoms. The Kier molecular flexibility index (Phi) is 6.85. The first-order chi connectivity index (χ1) is 15.6. The second-order valence-corrected chi connectivity index (χ2v) is 8.00. The summed E-state index contributed by atoms with van der Waals surface area (Å²) in [4.78, 5) is 12.3. The molecule has 0 fully saturated rings. The van der Waals surface area contributed by atoms with Gasteiger partial charge in [0.25, 0.3) is 0 Å². The lowest BCUT2D eigenvalue weighted by atomic mass is 9.98. The van der Waals surface area contributed by atoms with E-state index < -0.39 is 18.3 Å². The highest BCUT2D eigenvalue weighted by atomic mass is 16.5. The summed E-state index contributed by atoms with van der Waals surface area (Å²) < 4.78 is 5.46. The third-order valence-corrected chi connectivity index (χ3v) is 5.92. The van der Waals surface area contributed by atoms with E-state index in [-0.39, 0.29) is 19.1 Å². The molecule has 0 saturated carbocycles. The molecule has 0 bridgehead atoms. The van der Waals surface area contributed by atoms with Crippen LogP contribution in [0.3, 0.4) is 0 Å². The number of benzene rings is 3. The monoisotopic (exact) mass is 432 g/mol. The van der Waals surface area contributed by atoms with Gasteiger partial charge in [0.1, 0.15) is 18.8 Å². The fourth-order valence-corrected chi connectivity index (χ4v) is 4.22. The summed E-state index contributed by atoms with van der Waals surface area (Å²) in [7, 11) is 0. The molecule has 0 saturated heterocycles. The van der Waals surface area contributed by atoms with Gasteiger partial charge in [-0.2, -0.15) is 0 Å². The van der Waals surface area contributed by atoms with Crippen molar-refractivity contribution in [1.82, 2.24) is 5.32 Å². The number of aliphatic hydroxyl groups is 2. The summed E-state index contributed by atoms with van der Waals surface area (Å²) >= 11 is 0. The second-order valence-electron chi connectivity index (χ2n) is 8.00. The molecule has 4 rings (SSSR count). The molecule has 0 aliphatic heterocycles. The average Bonchev–Trinajstić information content (AvgIpc) is 3.15. The molecule has 0 aromatic heterocycles. The van der Waals surface area contributed by atoms with Crippen LogP contribution in [0.15, 0.2) is 72.8 Å². The van der Waals surface area contributed by atoms with Gasteiger partial charge in [0.05, 0.1) is 0 Å².